The number of amides is 1. The van der Waals surface area contributed by atoms with Crippen molar-refractivity contribution >= 4 is 40.9 Å². The zero-order valence-corrected chi connectivity index (χ0v) is 17.8. The average Bonchev–Trinajstić information content (AvgIpc) is 2.92. The molecule has 0 spiro atoms. The van der Waals surface area contributed by atoms with Crippen LogP contribution in [0.5, 0.6) is 0 Å². The van der Waals surface area contributed by atoms with Gasteiger partial charge in [-0.15, -0.1) is 0 Å². The van der Waals surface area contributed by atoms with Gasteiger partial charge in [-0.2, -0.15) is 0 Å². The molecule has 0 atom stereocenters. The Morgan fingerprint density at radius 3 is 2.39 bits per heavy atom. The van der Waals surface area contributed by atoms with Crippen molar-refractivity contribution in [3.63, 3.8) is 0 Å². The van der Waals surface area contributed by atoms with Crippen LogP contribution in [0.15, 0.2) is 42.5 Å². The minimum atomic E-state index is -0.245. The van der Waals surface area contributed by atoms with Gasteiger partial charge in [0, 0.05) is 44.2 Å². The Hall–Kier alpha value is -1.46. The molecule has 1 aliphatic rings. The van der Waals surface area contributed by atoms with E-state index >= 15 is 0 Å². The molecular formula is C21H23Cl3N2O2. The van der Waals surface area contributed by atoms with Gasteiger partial charge in [0.25, 0.3) is 0 Å². The van der Waals surface area contributed by atoms with Gasteiger partial charge in [0.1, 0.15) is 0 Å². The Labute approximate surface area is 180 Å². The van der Waals surface area contributed by atoms with Crippen LogP contribution in [0.25, 0.3) is 0 Å². The maximum absolute atomic E-state index is 12.4. The highest BCUT2D eigenvalue weighted by Crippen LogP contribution is 2.23. The zero-order chi connectivity index (χ0) is 19.9. The van der Waals surface area contributed by atoms with Crippen molar-refractivity contribution in [3.05, 3.63) is 68.7 Å². The van der Waals surface area contributed by atoms with Crippen molar-refractivity contribution in [1.82, 2.24) is 9.80 Å². The molecule has 1 amide bonds. The highest BCUT2D eigenvalue weighted by atomic mass is 35.5. The van der Waals surface area contributed by atoms with Crippen molar-refractivity contribution in [1.29, 1.82) is 0 Å². The molecule has 2 aromatic rings. The lowest BCUT2D eigenvalue weighted by Gasteiger charge is -2.22. The number of ether oxygens (including phenoxy) is 1. The second-order valence-corrected chi connectivity index (χ2v) is 8.11. The summed E-state index contributed by atoms with van der Waals surface area (Å²) in [5, 5.41) is 1.84. The van der Waals surface area contributed by atoms with Crippen LogP contribution >= 0.6 is 34.8 Å². The summed E-state index contributed by atoms with van der Waals surface area (Å²) in [4.78, 5) is 16.5. The minimum absolute atomic E-state index is 0.245. The van der Waals surface area contributed by atoms with E-state index < -0.39 is 0 Å². The van der Waals surface area contributed by atoms with Crippen molar-refractivity contribution < 1.29 is 9.53 Å². The molecule has 7 heteroatoms. The average molecular weight is 442 g/mol. The van der Waals surface area contributed by atoms with Gasteiger partial charge < -0.3 is 9.64 Å². The Kier molecular flexibility index (Phi) is 7.86. The summed E-state index contributed by atoms with van der Waals surface area (Å²) in [6.45, 7) is 4.24. The van der Waals surface area contributed by atoms with Crippen LogP contribution in [0.1, 0.15) is 17.5 Å². The lowest BCUT2D eigenvalue weighted by Crippen LogP contribution is -2.35. The van der Waals surface area contributed by atoms with Crippen molar-refractivity contribution in [3.8, 4) is 0 Å². The third-order valence-electron chi connectivity index (χ3n) is 4.77. The van der Waals surface area contributed by atoms with Crippen LogP contribution in [0.4, 0.5) is 4.79 Å². The Morgan fingerprint density at radius 1 is 0.893 bits per heavy atom. The van der Waals surface area contributed by atoms with Crippen molar-refractivity contribution in [2.45, 2.75) is 19.4 Å². The second-order valence-electron chi connectivity index (χ2n) is 6.86. The summed E-state index contributed by atoms with van der Waals surface area (Å²) in [7, 11) is 0. The van der Waals surface area contributed by atoms with E-state index in [1.807, 2.05) is 42.5 Å². The van der Waals surface area contributed by atoms with Crippen LogP contribution in [-0.4, -0.2) is 48.7 Å². The van der Waals surface area contributed by atoms with Gasteiger partial charge >= 0.3 is 6.09 Å². The predicted molar refractivity (Wildman–Crippen MR) is 114 cm³/mol. The van der Waals surface area contributed by atoms with E-state index in [2.05, 4.69) is 4.90 Å². The lowest BCUT2D eigenvalue weighted by atomic mass is 10.2. The number of hydrogen-bond donors (Lipinski definition) is 0. The van der Waals surface area contributed by atoms with Crippen LogP contribution in [0.3, 0.4) is 0 Å². The minimum Gasteiger partial charge on any atom is -0.449 e. The van der Waals surface area contributed by atoms with Gasteiger partial charge in [0.15, 0.2) is 0 Å². The van der Waals surface area contributed by atoms with E-state index in [0.717, 1.165) is 37.2 Å². The number of halogens is 3. The highest BCUT2D eigenvalue weighted by Gasteiger charge is 2.20. The molecule has 0 bridgehead atoms. The highest BCUT2D eigenvalue weighted by molar-refractivity contribution is 6.42. The number of rotatable bonds is 5. The Bertz CT molecular complexity index is 799. The molecule has 1 saturated heterocycles. The molecule has 0 unspecified atom stereocenters. The Morgan fingerprint density at radius 2 is 1.64 bits per heavy atom. The first-order valence-corrected chi connectivity index (χ1v) is 10.5. The summed E-state index contributed by atoms with van der Waals surface area (Å²) in [6.07, 6.45) is 1.35. The first kappa shape index (κ1) is 21.3. The SMILES string of the molecule is O=C(OCCc1ccc(Cl)cc1)N1CCCN(Cc2ccc(Cl)c(Cl)c2)CC1. The molecule has 4 nitrogen and oxygen atoms in total. The molecule has 1 heterocycles. The maximum Gasteiger partial charge on any atom is 0.409 e. The van der Waals surface area contributed by atoms with Crippen molar-refractivity contribution in [2.24, 2.45) is 0 Å². The van der Waals surface area contributed by atoms with Gasteiger partial charge in [0.2, 0.25) is 0 Å². The lowest BCUT2D eigenvalue weighted by molar-refractivity contribution is 0.104. The standard InChI is InChI=1S/C21H23Cl3N2O2/c22-18-5-2-16(3-6-18)8-13-28-21(27)26-10-1-9-25(11-12-26)15-17-4-7-19(23)20(24)14-17/h2-7,14H,1,8-13,15H2. The van der Waals surface area contributed by atoms with E-state index in [1.165, 1.54) is 0 Å². The van der Waals surface area contributed by atoms with Gasteiger partial charge in [-0.25, -0.2) is 4.79 Å². The van der Waals surface area contributed by atoms with E-state index in [1.54, 1.807) is 4.90 Å². The van der Waals surface area contributed by atoms with Crippen LogP contribution < -0.4 is 0 Å². The largest absolute Gasteiger partial charge is 0.449 e. The fraction of sp³-hybridized carbons (Fsp3) is 0.381. The molecule has 0 aromatic heterocycles. The molecular weight excluding hydrogens is 419 g/mol. The molecule has 0 N–H and O–H groups in total. The van der Waals surface area contributed by atoms with Crippen LogP contribution in [-0.2, 0) is 17.7 Å². The van der Waals surface area contributed by atoms with Gasteiger partial charge in [-0.1, -0.05) is 53.0 Å². The summed E-state index contributed by atoms with van der Waals surface area (Å²) < 4.78 is 5.46. The number of hydrogen-bond acceptors (Lipinski definition) is 3. The normalized spacial score (nSPS) is 15.3. The molecule has 3 rings (SSSR count). The molecule has 1 aliphatic heterocycles. The fourth-order valence-corrected chi connectivity index (χ4v) is 3.65. The molecule has 1 fully saturated rings. The first-order valence-electron chi connectivity index (χ1n) is 9.34. The molecule has 28 heavy (non-hydrogen) atoms. The van der Waals surface area contributed by atoms with E-state index in [4.69, 9.17) is 39.5 Å². The molecule has 150 valence electrons. The van der Waals surface area contributed by atoms with E-state index in [0.29, 0.717) is 41.2 Å². The zero-order valence-electron chi connectivity index (χ0n) is 15.5. The summed E-state index contributed by atoms with van der Waals surface area (Å²) in [6, 6.07) is 13.3. The fourth-order valence-electron chi connectivity index (χ4n) is 3.21. The smallest absolute Gasteiger partial charge is 0.409 e. The second kappa shape index (κ2) is 10.4. The number of carbonyl (C=O) groups is 1. The van der Waals surface area contributed by atoms with Crippen molar-refractivity contribution in [2.75, 3.05) is 32.8 Å². The number of carbonyl (C=O) groups excluding carboxylic acids is 1. The summed E-state index contributed by atoms with van der Waals surface area (Å²) in [5.74, 6) is 0. The van der Waals surface area contributed by atoms with Crippen LogP contribution in [0.2, 0.25) is 15.1 Å². The van der Waals surface area contributed by atoms with Gasteiger partial charge in [-0.05, 0) is 41.8 Å². The van der Waals surface area contributed by atoms with Crippen LogP contribution in [0, 0.1) is 0 Å². The molecule has 0 saturated carbocycles. The molecule has 0 radical (unpaired) electrons. The third kappa shape index (κ3) is 6.28. The van der Waals surface area contributed by atoms with Gasteiger partial charge in [0.05, 0.1) is 16.7 Å². The third-order valence-corrected chi connectivity index (χ3v) is 5.76. The van der Waals surface area contributed by atoms with Gasteiger partial charge in [-0.3, -0.25) is 4.90 Å². The molecule has 0 aliphatic carbocycles. The van der Waals surface area contributed by atoms with E-state index in [9.17, 15) is 4.79 Å². The first-order chi connectivity index (χ1) is 13.5. The monoisotopic (exact) mass is 440 g/mol. The molecule has 2 aromatic carbocycles. The van der Waals surface area contributed by atoms with E-state index in [-0.39, 0.29) is 6.09 Å². The number of nitrogens with zero attached hydrogens (tertiary/aromatic N) is 2. The maximum atomic E-state index is 12.4. The quantitative estimate of drug-likeness (QED) is 0.611. The predicted octanol–water partition coefficient (Wildman–Crippen LogP) is 5.53. The topological polar surface area (TPSA) is 32.8 Å². The summed E-state index contributed by atoms with van der Waals surface area (Å²) >= 11 is 18.0. The summed E-state index contributed by atoms with van der Waals surface area (Å²) in [5.41, 5.74) is 2.22. The number of benzene rings is 2. The Balaban J connectivity index is 1.44.